The normalized spacial score (nSPS) is 14.2. The molecule has 0 saturated carbocycles. The number of benzene rings is 1. The minimum atomic E-state index is -0.652. The van der Waals surface area contributed by atoms with Crippen LogP contribution in [0.4, 0.5) is 8.78 Å². The quantitative estimate of drug-likeness (QED) is 0.850. The van der Waals surface area contributed by atoms with E-state index in [0.29, 0.717) is 6.42 Å². The van der Waals surface area contributed by atoms with Crippen LogP contribution < -0.4 is 5.32 Å². The second-order valence-corrected chi connectivity index (χ2v) is 4.88. The molecule has 1 N–H and O–H groups in total. The number of nitrogens with one attached hydrogen (secondary N) is 1. The third-order valence-corrected chi connectivity index (χ3v) is 3.49. The number of rotatable bonds is 4. The average molecular weight is 306 g/mol. The summed E-state index contributed by atoms with van der Waals surface area (Å²) in [5.74, 6) is -1.49. The zero-order valence-electron chi connectivity index (χ0n) is 9.64. The van der Waals surface area contributed by atoms with Gasteiger partial charge in [0, 0.05) is 11.6 Å². The highest BCUT2D eigenvalue weighted by Crippen LogP contribution is 2.18. The molecule has 1 aromatic rings. The van der Waals surface area contributed by atoms with Gasteiger partial charge in [0.25, 0.3) is 0 Å². The topological polar surface area (TPSA) is 29.1 Å². The van der Waals surface area contributed by atoms with Crippen LogP contribution in [0, 0.1) is 11.6 Å². The number of carbonyl (C=O) groups excluding carboxylic acids is 1. The fourth-order valence-electron chi connectivity index (χ4n) is 1.42. The molecule has 1 rings (SSSR count). The molecule has 94 valence electrons. The number of hydrogen-bond acceptors (Lipinski definition) is 1. The molecule has 2 atom stereocenters. The molecule has 17 heavy (non-hydrogen) atoms. The molecule has 1 aromatic carbocycles. The fraction of sp³-hybridized carbons (Fsp3) is 0.417. The van der Waals surface area contributed by atoms with Gasteiger partial charge in [-0.1, -0.05) is 28.9 Å². The Labute approximate surface area is 108 Å². The molecule has 5 heteroatoms. The summed E-state index contributed by atoms with van der Waals surface area (Å²) in [6.07, 6.45) is 0.643. The molecule has 0 radical (unpaired) electrons. The molecule has 0 aliphatic heterocycles. The maximum absolute atomic E-state index is 13.4. The van der Waals surface area contributed by atoms with Crippen LogP contribution in [0.5, 0.6) is 0 Å². The average Bonchev–Trinajstić information content (AvgIpc) is 2.27. The van der Waals surface area contributed by atoms with Gasteiger partial charge in [0.1, 0.15) is 11.6 Å². The van der Waals surface area contributed by atoms with Crippen molar-refractivity contribution in [2.24, 2.45) is 0 Å². The van der Waals surface area contributed by atoms with Crippen molar-refractivity contribution < 1.29 is 13.6 Å². The first-order valence-corrected chi connectivity index (χ1v) is 6.26. The standard InChI is InChI=1S/C12H14BrF2NO/c1-3-10(13)12(17)16-7(2)9-5-4-8(14)6-11(9)15/h4-7,10H,3H2,1-2H3,(H,16,17)/t7-,10-/m1/s1. The monoisotopic (exact) mass is 305 g/mol. The molecule has 0 aliphatic carbocycles. The summed E-state index contributed by atoms with van der Waals surface area (Å²) in [6.45, 7) is 3.52. The van der Waals surface area contributed by atoms with Crippen LogP contribution in [-0.2, 0) is 4.79 Å². The van der Waals surface area contributed by atoms with E-state index in [0.717, 1.165) is 6.07 Å². The summed E-state index contributed by atoms with van der Waals surface area (Å²) in [7, 11) is 0. The zero-order valence-corrected chi connectivity index (χ0v) is 11.2. The Morgan fingerprint density at radius 3 is 2.65 bits per heavy atom. The van der Waals surface area contributed by atoms with Crippen molar-refractivity contribution in [3.63, 3.8) is 0 Å². The smallest absolute Gasteiger partial charge is 0.234 e. The van der Waals surface area contributed by atoms with Crippen molar-refractivity contribution in [1.82, 2.24) is 5.32 Å². The molecule has 0 bridgehead atoms. The summed E-state index contributed by atoms with van der Waals surface area (Å²) in [5.41, 5.74) is 0.274. The van der Waals surface area contributed by atoms with E-state index in [1.165, 1.54) is 12.1 Å². The Morgan fingerprint density at radius 2 is 2.12 bits per heavy atom. The van der Waals surface area contributed by atoms with Crippen LogP contribution in [0.1, 0.15) is 31.9 Å². The van der Waals surface area contributed by atoms with Crippen LogP contribution in [0.3, 0.4) is 0 Å². The van der Waals surface area contributed by atoms with Crippen molar-refractivity contribution in [1.29, 1.82) is 0 Å². The van der Waals surface area contributed by atoms with E-state index in [1.807, 2.05) is 6.92 Å². The van der Waals surface area contributed by atoms with Gasteiger partial charge in [0.15, 0.2) is 0 Å². The highest BCUT2D eigenvalue weighted by molar-refractivity contribution is 9.10. The van der Waals surface area contributed by atoms with Crippen LogP contribution in [0.2, 0.25) is 0 Å². The van der Waals surface area contributed by atoms with Crippen LogP contribution in [-0.4, -0.2) is 10.7 Å². The molecule has 0 saturated heterocycles. The van der Waals surface area contributed by atoms with Gasteiger partial charge in [-0.3, -0.25) is 4.79 Å². The van der Waals surface area contributed by atoms with E-state index >= 15 is 0 Å². The summed E-state index contributed by atoms with van der Waals surface area (Å²) in [6, 6.07) is 2.83. The van der Waals surface area contributed by atoms with E-state index in [4.69, 9.17) is 0 Å². The summed E-state index contributed by atoms with van der Waals surface area (Å²) in [4.78, 5) is 11.3. The maximum atomic E-state index is 13.4. The van der Waals surface area contributed by atoms with E-state index in [2.05, 4.69) is 21.2 Å². The lowest BCUT2D eigenvalue weighted by atomic mass is 10.1. The molecular formula is C12H14BrF2NO. The van der Waals surface area contributed by atoms with E-state index in [9.17, 15) is 13.6 Å². The second-order valence-electron chi connectivity index (χ2n) is 3.77. The molecule has 2 nitrogen and oxygen atoms in total. The third kappa shape index (κ3) is 3.77. The molecule has 0 fully saturated rings. The van der Waals surface area contributed by atoms with Crippen molar-refractivity contribution in [3.8, 4) is 0 Å². The van der Waals surface area contributed by atoms with Crippen LogP contribution >= 0.6 is 15.9 Å². The minimum Gasteiger partial charge on any atom is -0.349 e. The van der Waals surface area contributed by atoms with Gasteiger partial charge in [0.05, 0.1) is 10.9 Å². The summed E-state index contributed by atoms with van der Waals surface area (Å²) >= 11 is 3.21. The fourth-order valence-corrected chi connectivity index (χ4v) is 1.55. The van der Waals surface area contributed by atoms with E-state index in [-0.39, 0.29) is 16.3 Å². The molecule has 0 heterocycles. The first-order valence-electron chi connectivity index (χ1n) is 5.35. The Kier molecular flexibility index (Phi) is 5.05. The van der Waals surface area contributed by atoms with Crippen molar-refractivity contribution in [2.75, 3.05) is 0 Å². The lowest BCUT2D eigenvalue weighted by Crippen LogP contribution is -2.33. The predicted molar refractivity (Wildman–Crippen MR) is 65.9 cm³/mol. The highest BCUT2D eigenvalue weighted by Gasteiger charge is 2.18. The summed E-state index contributed by atoms with van der Waals surface area (Å²) < 4.78 is 26.2. The molecular weight excluding hydrogens is 292 g/mol. The van der Waals surface area contributed by atoms with Gasteiger partial charge in [-0.15, -0.1) is 0 Å². The van der Waals surface area contributed by atoms with E-state index in [1.54, 1.807) is 6.92 Å². The first kappa shape index (κ1) is 14.1. The number of hydrogen-bond donors (Lipinski definition) is 1. The molecule has 0 aliphatic rings. The lowest BCUT2D eigenvalue weighted by molar-refractivity contribution is -0.121. The second kappa shape index (κ2) is 6.10. The number of alkyl halides is 1. The van der Waals surface area contributed by atoms with Crippen molar-refractivity contribution >= 4 is 21.8 Å². The Hall–Kier alpha value is -0.970. The Morgan fingerprint density at radius 1 is 1.47 bits per heavy atom. The van der Waals surface area contributed by atoms with Gasteiger partial charge < -0.3 is 5.32 Å². The van der Waals surface area contributed by atoms with Gasteiger partial charge in [0.2, 0.25) is 5.91 Å². The molecule has 1 amide bonds. The third-order valence-electron chi connectivity index (χ3n) is 2.43. The van der Waals surface area contributed by atoms with Crippen molar-refractivity contribution in [2.45, 2.75) is 31.1 Å². The molecule has 0 spiro atoms. The number of amides is 1. The number of carbonyl (C=O) groups is 1. The lowest BCUT2D eigenvalue weighted by Gasteiger charge is -2.17. The molecule has 0 aromatic heterocycles. The zero-order chi connectivity index (χ0) is 13.0. The van der Waals surface area contributed by atoms with Crippen molar-refractivity contribution in [3.05, 3.63) is 35.4 Å². The van der Waals surface area contributed by atoms with Gasteiger partial charge in [-0.2, -0.15) is 0 Å². The predicted octanol–water partition coefficient (Wildman–Crippen LogP) is 3.32. The van der Waals surface area contributed by atoms with E-state index < -0.39 is 17.7 Å². The largest absolute Gasteiger partial charge is 0.349 e. The summed E-state index contributed by atoms with van der Waals surface area (Å²) in [5, 5.41) is 2.66. The van der Waals surface area contributed by atoms with Crippen LogP contribution in [0.15, 0.2) is 18.2 Å². The first-order chi connectivity index (χ1) is 7.95. The van der Waals surface area contributed by atoms with Gasteiger partial charge in [-0.05, 0) is 19.4 Å². The van der Waals surface area contributed by atoms with Crippen LogP contribution in [0.25, 0.3) is 0 Å². The minimum absolute atomic E-state index is 0.205. The number of halogens is 3. The molecule has 0 unspecified atom stereocenters. The Bertz CT molecular complexity index is 411. The SMILES string of the molecule is CC[C@@H](Br)C(=O)N[C@H](C)c1ccc(F)cc1F. The van der Waals surface area contributed by atoms with Gasteiger partial charge >= 0.3 is 0 Å². The van der Waals surface area contributed by atoms with Gasteiger partial charge in [-0.25, -0.2) is 8.78 Å². The Balaban J connectivity index is 2.76. The maximum Gasteiger partial charge on any atom is 0.234 e. The highest BCUT2D eigenvalue weighted by atomic mass is 79.9.